The van der Waals surface area contributed by atoms with Crippen molar-refractivity contribution in [1.82, 2.24) is 10.3 Å². The lowest BCUT2D eigenvalue weighted by Crippen LogP contribution is -2.30. The number of amides is 3. The first-order chi connectivity index (χ1) is 23.8. The molecule has 0 bridgehead atoms. The van der Waals surface area contributed by atoms with Gasteiger partial charge in [0.2, 0.25) is 5.91 Å². The van der Waals surface area contributed by atoms with Gasteiger partial charge in [0.1, 0.15) is 10.9 Å². The predicted octanol–water partition coefficient (Wildman–Crippen LogP) is 10.1. The van der Waals surface area contributed by atoms with Crippen LogP contribution in [-0.2, 0) is 9.59 Å². The van der Waals surface area contributed by atoms with Crippen molar-refractivity contribution in [1.29, 1.82) is 0 Å². The van der Waals surface area contributed by atoms with Crippen LogP contribution in [0.2, 0.25) is 10.0 Å². The lowest BCUT2D eigenvalue weighted by atomic mass is 10.1. The van der Waals surface area contributed by atoms with Gasteiger partial charge in [-0.1, -0.05) is 83.9 Å². The van der Waals surface area contributed by atoms with E-state index in [-0.39, 0.29) is 11.6 Å². The molecular weight excluding hydrogens is 716 g/mol. The number of carbonyl (C=O) groups excluding carboxylic acids is 3. The highest BCUT2D eigenvalue weighted by molar-refractivity contribution is 8.00. The molecule has 0 radical (unpaired) electrons. The molecule has 0 saturated carbocycles. The molecule has 0 aliphatic heterocycles. The molecule has 0 aliphatic rings. The van der Waals surface area contributed by atoms with Gasteiger partial charge in [-0.15, -0.1) is 34.4 Å². The zero-order valence-corrected chi connectivity index (χ0v) is 29.4. The molecule has 244 valence electrons. The van der Waals surface area contributed by atoms with Crippen LogP contribution in [0.25, 0.3) is 16.6 Å². The second-order valence-electron chi connectivity index (χ2n) is 10.4. The summed E-state index contributed by atoms with van der Waals surface area (Å²) in [5.74, 6) is -1.21. The summed E-state index contributed by atoms with van der Waals surface area (Å²) in [6.07, 6.45) is 1.49. The number of aromatic nitrogens is 1. The van der Waals surface area contributed by atoms with E-state index in [1.54, 1.807) is 72.0 Å². The Morgan fingerprint density at radius 2 is 1.53 bits per heavy atom. The maximum Gasteiger partial charge on any atom is 0.272 e. The SMILES string of the molecule is O=C(Nc1ccc(SC(C(=O)Nc2nc(-c3cccs3)cs2)c2ccccc2)cc1)/C(=C/c1ccc(Cl)cc1Cl)NC(=O)c1ccccc1. The largest absolute Gasteiger partial charge is 0.321 e. The van der Waals surface area contributed by atoms with Gasteiger partial charge >= 0.3 is 0 Å². The number of benzene rings is 4. The van der Waals surface area contributed by atoms with Crippen LogP contribution in [0.4, 0.5) is 10.8 Å². The van der Waals surface area contributed by atoms with E-state index in [2.05, 4.69) is 20.9 Å². The molecule has 6 aromatic rings. The Bertz CT molecular complexity index is 2100. The number of rotatable bonds is 11. The first-order valence-corrected chi connectivity index (χ1v) is 18.2. The van der Waals surface area contributed by atoms with Crippen LogP contribution in [-0.4, -0.2) is 22.7 Å². The molecule has 12 heteroatoms. The summed E-state index contributed by atoms with van der Waals surface area (Å²) in [6, 6.07) is 34.0. The third kappa shape index (κ3) is 9.05. The van der Waals surface area contributed by atoms with Crippen molar-refractivity contribution in [2.75, 3.05) is 10.6 Å². The van der Waals surface area contributed by atoms with Gasteiger partial charge < -0.3 is 16.0 Å². The van der Waals surface area contributed by atoms with Crippen molar-refractivity contribution in [2.45, 2.75) is 10.1 Å². The lowest BCUT2D eigenvalue weighted by molar-refractivity contribution is -0.116. The Kier molecular flexibility index (Phi) is 11.2. The van der Waals surface area contributed by atoms with Crippen LogP contribution in [0, 0.1) is 0 Å². The fourth-order valence-electron chi connectivity index (χ4n) is 4.61. The van der Waals surface area contributed by atoms with Gasteiger partial charge in [0, 0.05) is 31.6 Å². The number of anilines is 2. The Morgan fingerprint density at radius 1 is 0.796 bits per heavy atom. The smallest absolute Gasteiger partial charge is 0.272 e. The van der Waals surface area contributed by atoms with E-state index in [9.17, 15) is 14.4 Å². The Labute approximate surface area is 305 Å². The molecule has 7 nitrogen and oxygen atoms in total. The van der Waals surface area contributed by atoms with Gasteiger partial charge in [0.25, 0.3) is 11.8 Å². The van der Waals surface area contributed by atoms with Gasteiger partial charge in [-0.2, -0.15) is 0 Å². The summed E-state index contributed by atoms with van der Waals surface area (Å²) in [5.41, 5.74) is 3.03. The Balaban J connectivity index is 1.18. The minimum absolute atomic E-state index is 0.0123. The number of thiophene rings is 1. The molecule has 3 amide bonds. The number of hydrogen-bond donors (Lipinski definition) is 3. The van der Waals surface area contributed by atoms with E-state index < -0.39 is 17.1 Å². The summed E-state index contributed by atoms with van der Waals surface area (Å²) < 4.78 is 0. The minimum Gasteiger partial charge on any atom is -0.321 e. The van der Waals surface area contributed by atoms with E-state index in [4.69, 9.17) is 23.2 Å². The molecule has 0 saturated heterocycles. The average molecular weight is 742 g/mol. The predicted molar refractivity (Wildman–Crippen MR) is 203 cm³/mol. The molecule has 2 heterocycles. The molecular formula is C37H26Cl2N4O3S3. The van der Waals surface area contributed by atoms with Gasteiger partial charge in [-0.05, 0) is 77.2 Å². The molecule has 6 rings (SSSR count). The maximum atomic E-state index is 13.6. The van der Waals surface area contributed by atoms with E-state index >= 15 is 0 Å². The van der Waals surface area contributed by atoms with Crippen molar-refractivity contribution in [3.05, 3.63) is 158 Å². The molecule has 2 aromatic heterocycles. The summed E-state index contributed by atoms with van der Waals surface area (Å²) in [5, 5.41) is 13.2. The molecule has 1 atom stereocenters. The first-order valence-electron chi connectivity index (χ1n) is 14.8. The van der Waals surface area contributed by atoms with Crippen molar-refractivity contribution in [3.63, 3.8) is 0 Å². The van der Waals surface area contributed by atoms with Crippen LogP contribution >= 0.6 is 57.6 Å². The highest BCUT2D eigenvalue weighted by Crippen LogP contribution is 2.37. The monoisotopic (exact) mass is 740 g/mol. The van der Waals surface area contributed by atoms with Crippen LogP contribution in [0.1, 0.15) is 26.7 Å². The Morgan fingerprint density at radius 3 is 2.22 bits per heavy atom. The molecule has 49 heavy (non-hydrogen) atoms. The summed E-state index contributed by atoms with van der Waals surface area (Å²) in [4.78, 5) is 46.6. The maximum absolute atomic E-state index is 13.6. The van der Waals surface area contributed by atoms with Crippen molar-refractivity contribution in [2.24, 2.45) is 0 Å². The normalized spacial score (nSPS) is 11.8. The molecule has 0 aliphatic carbocycles. The second kappa shape index (κ2) is 16.1. The number of halogens is 2. The Hall–Kier alpha value is -4.71. The fraction of sp³-hybridized carbons (Fsp3) is 0.0270. The zero-order chi connectivity index (χ0) is 34.2. The summed E-state index contributed by atoms with van der Waals surface area (Å²) >= 11 is 16.8. The summed E-state index contributed by atoms with van der Waals surface area (Å²) in [7, 11) is 0. The number of thiazole rings is 1. The zero-order valence-electron chi connectivity index (χ0n) is 25.4. The van der Waals surface area contributed by atoms with Gasteiger partial charge in [0.05, 0.1) is 10.6 Å². The molecule has 3 N–H and O–H groups in total. The standard InChI is InChI=1S/C37H26Cl2N4O3S3/c38-26-14-13-25(29(39)21-26)20-30(41-34(44)24-10-5-2-6-11-24)35(45)40-27-15-17-28(18-16-27)49-33(23-8-3-1-4-9-23)36(46)43-37-42-31(22-48-37)32-12-7-19-47-32/h1-22,33H,(H,40,45)(H,41,44)(H,42,43,46)/b30-20-. The lowest BCUT2D eigenvalue weighted by Gasteiger charge is -2.17. The van der Waals surface area contributed by atoms with Crippen LogP contribution < -0.4 is 16.0 Å². The topological polar surface area (TPSA) is 100 Å². The molecule has 1 unspecified atom stereocenters. The van der Waals surface area contributed by atoms with Crippen LogP contribution in [0.5, 0.6) is 0 Å². The number of hydrogen-bond acceptors (Lipinski definition) is 7. The molecule has 4 aromatic carbocycles. The third-order valence-electron chi connectivity index (χ3n) is 7.01. The second-order valence-corrected chi connectivity index (χ2v) is 14.3. The van der Waals surface area contributed by atoms with E-state index in [0.29, 0.717) is 32.0 Å². The molecule has 0 fully saturated rings. The minimum atomic E-state index is -0.567. The number of carbonyl (C=O) groups is 3. The quantitative estimate of drug-likeness (QED) is 0.0907. The number of thioether (sulfide) groups is 1. The van der Waals surface area contributed by atoms with Gasteiger partial charge in [-0.25, -0.2) is 4.98 Å². The highest BCUT2D eigenvalue weighted by Gasteiger charge is 2.24. The van der Waals surface area contributed by atoms with E-state index in [0.717, 1.165) is 21.0 Å². The van der Waals surface area contributed by atoms with E-state index in [1.165, 1.54) is 29.2 Å². The van der Waals surface area contributed by atoms with Crippen molar-refractivity contribution in [3.8, 4) is 10.6 Å². The molecule has 0 spiro atoms. The number of nitrogens with zero attached hydrogens (tertiary/aromatic N) is 1. The highest BCUT2D eigenvalue weighted by atomic mass is 35.5. The average Bonchev–Trinajstić information content (AvgIpc) is 3.82. The van der Waals surface area contributed by atoms with Crippen molar-refractivity contribution < 1.29 is 14.4 Å². The first kappa shape index (κ1) is 34.2. The third-order valence-corrected chi connectivity index (χ3v) is 10.5. The van der Waals surface area contributed by atoms with Crippen LogP contribution in [0.15, 0.2) is 137 Å². The fourth-order valence-corrected chi connectivity index (χ4v) is 7.57. The number of nitrogens with one attached hydrogen (secondary N) is 3. The van der Waals surface area contributed by atoms with Gasteiger partial charge in [-0.3, -0.25) is 14.4 Å². The van der Waals surface area contributed by atoms with Crippen LogP contribution in [0.3, 0.4) is 0 Å². The van der Waals surface area contributed by atoms with Crippen molar-refractivity contribution >= 4 is 92.3 Å². The van der Waals surface area contributed by atoms with E-state index in [1.807, 2.05) is 65.4 Å². The van der Waals surface area contributed by atoms with Gasteiger partial charge in [0.15, 0.2) is 5.13 Å². The summed E-state index contributed by atoms with van der Waals surface area (Å²) in [6.45, 7) is 0.